The second-order valence-electron chi connectivity index (χ2n) is 7.72. The van der Waals surface area contributed by atoms with E-state index >= 15 is 0 Å². The maximum atomic E-state index is 14.4. The van der Waals surface area contributed by atoms with Crippen LogP contribution in [0.15, 0.2) is 73.7 Å². The van der Waals surface area contributed by atoms with E-state index < -0.39 is 0 Å². The van der Waals surface area contributed by atoms with Crippen molar-refractivity contribution in [2.75, 3.05) is 11.4 Å². The average Bonchev–Trinajstić information content (AvgIpc) is 3.58. The molecule has 0 bridgehead atoms. The summed E-state index contributed by atoms with van der Waals surface area (Å²) in [6.07, 6.45) is 14.3. The zero-order valence-corrected chi connectivity index (χ0v) is 17.1. The highest BCUT2D eigenvalue weighted by atomic mass is 19.1. The summed E-state index contributed by atoms with van der Waals surface area (Å²) in [5, 5.41) is 8.94. The predicted octanol–water partition coefficient (Wildman–Crippen LogP) is 3.85. The summed E-state index contributed by atoms with van der Waals surface area (Å²) in [5.41, 5.74) is 3.93. The summed E-state index contributed by atoms with van der Waals surface area (Å²) < 4.78 is 17.9. The van der Waals surface area contributed by atoms with Gasteiger partial charge in [0.25, 0.3) is 0 Å². The number of fused-ring (bicyclic) bond motifs is 1. The van der Waals surface area contributed by atoms with Crippen molar-refractivity contribution in [2.24, 2.45) is 0 Å². The summed E-state index contributed by atoms with van der Waals surface area (Å²) in [6.45, 7) is 0.793. The Hall–Kier alpha value is -4.14. The van der Waals surface area contributed by atoms with Crippen LogP contribution in [0.3, 0.4) is 0 Å². The minimum atomic E-state index is -0.282. The van der Waals surface area contributed by atoms with E-state index in [1.54, 1.807) is 40.1 Å². The van der Waals surface area contributed by atoms with E-state index in [0.717, 1.165) is 42.0 Å². The van der Waals surface area contributed by atoms with Gasteiger partial charge in [0, 0.05) is 43.1 Å². The van der Waals surface area contributed by atoms with Gasteiger partial charge in [-0.25, -0.2) is 18.6 Å². The van der Waals surface area contributed by atoms with Crippen molar-refractivity contribution in [2.45, 2.75) is 18.9 Å². The Morgan fingerprint density at radius 2 is 1.88 bits per heavy atom. The van der Waals surface area contributed by atoms with E-state index in [1.165, 1.54) is 6.07 Å². The van der Waals surface area contributed by atoms with Gasteiger partial charge in [0.05, 0.1) is 24.1 Å². The molecule has 9 heteroatoms. The Morgan fingerprint density at radius 1 is 0.969 bits per heavy atom. The molecule has 1 fully saturated rings. The lowest BCUT2D eigenvalue weighted by atomic mass is 10.1. The fourth-order valence-electron chi connectivity index (χ4n) is 4.29. The molecule has 5 aromatic heterocycles. The van der Waals surface area contributed by atoms with Gasteiger partial charge in [-0.05, 0) is 48.7 Å². The molecule has 0 N–H and O–H groups in total. The lowest BCUT2D eigenvalue weighted by Crippen LogP contribution is -2.25. The topological polar surface area (TPSA) is 77.0 Å². The molecule has 1 saturated heterocycles. The van der Waals surface area contributed by atoms with E-state index in [9.17, 15) is 4.39 Å². The maximum absolute atomic E-state index is 14.4. The monoisotopic (exact) mass is 426 g/mol. The molecule has 32 heavy (non-hydrogen) atoms. The molecule has 0 saturated carbocycles. The minimum absolute atomic E-state index is 0.138. The van der Waals surface area contributed by atoms with Crippen molar-refractivity contribution in [3.8, 4) is 16.8 Å². The van der Waals surface area contributed by atoms with Gasteiger partial charge >= 0.3 is 0 Å². The lowest BCUT2D eigenvalue weighted by Gasteiger charge is -2.25. The summed E-state index contributed by atoms with van der Waals surface area (Å²) >= 11 is 0. The molecule has 0 radical (unpaired) electrons. The molecule has 5 aromatic rings. The van der Waals surface area contributed by atoms with Crippen molar-refractivity contribution in [1.29, 1.82) is 0 Å². The molecular weight excluding hydrogens is 407 g/mol. The van der Waals surface area contributed by atoms with Gasteiger partial charge in [0.2, 0.25) is 0 Å². The molecule has 1 unspecified atom stereocenters. The standard InChI is InChI=1S/C23H19FN8/c24-18-3-1-8-26-22(18)19-4-2-11-30(19)21-7-12-31-23(29-21)20(14-28-31)32-15-17(13-27-32)16-5-9-25-10-6-16/h1,3,5-10,12-15,19H,2,4,11H2. The molecule has 8 nitrogen and oxygen atoms in total. The van der Waals surface area contributed by atoms with Crippen molar-refractivity contribution >= 4 is 11.5 Å². The zero-order chi connectivity index (χ0) is 21.5. The lowest BCUT2D eigenvalue weighted by molar-refractivity contribution is 0.562. The Labute approximate surface area is 183 Å². The van der Waals surface area contributed by atoms with E-state index in [4.69, 9.17) is 4.98 Å². The minimum Gasteiger partial charge on any atom is -0.348 e. The van der Waals surface area contributed by atoms with Crippen LogP contribution in [-0.2, 0) is 0 Å². The van der Waals surface area contributed by atoms with Crippen LogP contribution in [0.4, 0.5) is 10.2 Å². The molecular formula is C23H19FN8. The van der Waals surface area contributed by atoms with E-state index in [2.05, 4.69) is 25.1 Å². The largest absolute Gasteiger partial charge is 0.348 e. The smallest absolute Gasteiger partial charge is 0.183 e. The van der Waals surface area contributed by atoms with Crippen LogP contribution < -0.4 is 4.90 Å². The van der Waals surface area contributed by atoms with Crippen LogP contribution in [0.25, 0.3) is 22.5 Å². The molecule has 1 aliphatic rings. The predicted molar refractivity (Wildman–Crippen MR) is 117 cm³/mol. The van der Waals surface area contributed by atoms with Crippen LogP contribution in [0.2, 0.25) is 0 Å². The number of hydrogen-bond donors (Lipinski definition) is 0. The highest BCUT2D eigenvalue weighted by Gasteiger charge is 2.30. The molecule has 158 valence electrons. The molecule has 1 atom stereocenters. The van der Waals surface area contributed by atoms with Gasteiger partial charge in [-0.1, -0.05) is 0 Å². The van der Waals surface area contributed by atoms with E-state index in [-0.39, 0.29) is 11.9 Å². The highest BCUT2D eigenvalue weighted by molar-refractivity contribution is 5.65. The van der Waals surface area contributed by atoms with Crippen LogP contribution >= 0.6 is 0 Å². The van der Waals surface area contributed by atoms with Crippen molar-refractivity contribution in [3.63, 3.8) is 0 Å². The van der Waals surface area contributed by atoms with E-state index in [0.29, 0.717) is 11.3 Å². The molecule has 6 rings (SSSR count). The van der Waals surface area contributed by atoms with Crippen LogP contribution in [-0.4, -0.2) is 40.9 Å². The van der Waals surface area contributed by atoms with Crippen LogP contribution in [0.5, 0.6) is 0 Å². The summed E-state index contributed by atoms with van der Waals surface area (Å²) in [7, 11) is 0. The third kappa shape index (κ3) is 3.09. The molecule has 0 spiro atoms. The fraction of sp³-hybridized carbons (Fsp3) is 0.174. The SMILES string of the molecule is Fc1cccnc1C1CCCN1c1ccn2ncc(-n3cc(-c4ccncc4)cn3)c2n1. The van der Waals surface area contributed by atoms with Crippen molar-refractivity contribution in [1.82, 2.24) is 34.3 Å². The number of aromatic nitrogens is 7. The number of nitrogens with zero attached hydrogens (tertiary/aromatic N) is 8. The summed E-state index contributed by atoms with van der Waals surface area (Å²) in [4.78, 5) is 15.4. The van der Waals surface area contributed by atoms with Crippen molar-refractivity contribution in [3.05, 3.63) is 85.2 Å². The molecule has 1 aliphatic heterocycles. The molecule has 0 amide bonds. The second kappa shape index (κ2) is 7.52. The molecule has 0 aliphatic carbocycles. The quantitative estimate of drug-likeness (QED) is 0.434. The Balaban J connectivity index is 1.38. The number of pyridine rings is 2. The van der Waals surface area contributed by atoms with Gasteiger partial charge in [-0.3, -0.25) is 9.97 Å². The maximum Gasteiger partial charge on any atom is 0.183 e. The number of hydrogen-bond acceptors (Lipinski definition) is 6. The first-order valence-corrected chi connectivity index (χ1v) is 10.4. The Kier molecular flexibility index (Phi) is 4.38. The fourth-order valence-corrected chi connectivity index (χ4v) is 4.29. The summed E-state index contributed by atoms with van der Waals surface area (Å²) in [6, 6.07) is 8.74. The zero-order valence-electron chi connectivity index (χ0n) is 17.1. The Morgan fingerprint density at radius 3 is 2.75 bits per heavy atom. The normalized spacial score (nSPS) is 16.2. The molecule has 0 aromatic carbocycles. The first kappa shape index (κ1) is 18.6. The van der Waals surface area contributed by atoms with Gasteiger partial charge in [0.15, 0.2) is 5.65 Å². The van der Waals surface area contributed by atoms with Gasteiger partial charge in [-0.15, -0.1) is 0 Å². The first-order chi connectivity index (χ1) is 15.8. The summed E-state index contributed by atoms with van der Waals surface area (Å²) in [5.74, 6) is 0.490. The number of anilines is 1. The second-order valence-corrected chi connectivity index (χ2v) is 7.72. The first-order valence-electron chi connectivity index (χ1n) is 10.4. The third-order valence-corrected chi connectivity index (χ3v) is 5.83. The number of rotatable bonds is 4. The van der Waals surface area contributed by atoms with Crippen molar-refractivity contribution < 1.29 is 4.39 Å². The van der Waals surface area contributed by atoms with E-state index in [1.807, 2.05) is 36.8 Å². The van der Waals surface area contributed by atoms with Gasteiger partial charge in [-0.2, -0.15) is 10.2 Å². The van der Waals surface area contributed by atoms with Crippen LogP contribution in [0, 0.1) is 5.82 Å². The van der Waals surface area contributed by atoms with Gasteiger partial charge < -0.3 is 4.90 Å². The third-order valence-electron chi connectivity index (χ3n) is 5.83. The van der Waals surface area contributed by atoms with Gasteiger partial charge in [0.1, 0.15) is 17.3 Å². The highest BCUT2D eigenvalue weighted by Crippen LogP contribution is 2.35. The Bertz CT molecular complexity index is 1390. The molecule has 6 heterocycles. The van der Waals surface area contributed by atoms with Crippen LogP contribution in [0.1, 0.15) is 24.6 Å². The number of halogens is 1. The average molecular weight is 426 g/mol.